The molecule has 0 radical (unpaired) electrons. The Labute approximate surface area is 95.6 Å². The van der Waals surface area contributed by atoms with Crippen LogP contribution in [0.2, 0.25) is 0 Å². The van der Waals surface area contributed by atoms with Gasteiger partial charge < -0.3 is 10.4 Å². The number of nitrogens with one attached hydrogen (secondary N) is 1. The fourth-order valence-electron chi connectivity index (χ4n) is 1.37. The molecule has 0 aliphatic heterocycles. The second kappa shape index (κ2) is 6.93. The molecule has 0 bridgehead atoms. The molecule has 4 heteroatoms. The summed E-state index contributed by atoms with van der Waals surface area (Å²) in [6, 6.07) is 0. The quantitative estimate of drug-likeness (QED) is 0.702. The second-order valence-electron chi connectivity index (χ2n) is 3.74. The lowest BCUT2D eigenvalue weighted by Gasteiger charge is -2.07. The van der Waals surface area contributed by atoms with Gasteiger partial charge in [0, 0.05) is 11.9 Å². The van der Waals surface area contributed by atoms with Gasteiger partial charge >= 0.3 is 0 Å². The summed E-state index contributed by atoms with van der Waals surface area (Å²) in [5.41, 5.74) is 1.12. The third-order valence-electron chi connectivity index (χ3n) is 2.33. The highest BCUT2D eigenvalue weighted by Gasteiger charge is 2.00. The third kappa shape index (κ3) is 5.25. The van der Waals surface area contributed by atoms with E-state index in [1.165, 1.54) is 0 Å². The van der Waals surface area contributed by atoms with Gasteiger partial charge in [0.2, 0.25) is 0 Å². The maximum atomic E-state index is 9.34. The summed E-state index contributed by atoms with van der Waals surface area (Å²) in [5.74, 6) is 0. The Morgan fingerprint density at radius 1 is 1.60 bits per heavy atom. The van der Waals surface area contributed by atoms with E-state index in [4.69, 9.17) is 0 Å². The van der Waals surface area contributed by atoms with Crippen LogP contribution >= 0.6 is 11.3 Å². The monoisotopic (exact) mass is 228 g/mol. The molecule has 86 valence electrons. The Kier molecular flexibility index (Phi) is 5.83. The predicted molar refractivity (Wildman–Crippen MR) is 64.1 cm³/mol. The minimum absolute atomic E-state index is 0.131. The summed E-state index contributed by atoms with van der Waals surface area (Å²) in [4.78, 5) is 4.37. The molecular formula is C11H20N2OS. The second-order valence-corrected chi connectivity index (χ2v) is 4.80. The number of hydrogen-bond acceptors (Lipinski definition) is 4. The highest BCUT2D eigenvalue weighted by Crippen LogP contribution is 2.07. The van der Waals surface area contributed by atoms with Crippen LogP contribution in [0.15, 0.2) is 5.38 Å². The summed E-state index contributed by atoms with van der Waals surface area (Å²) < 4.78 is 0. The van der Waals surface area contributed by atoms with Crippen LogP contribution < -0.4 is 5.32 Å². The van der Waals surface area contributed by atoms with Crippen molar-refractivity contribution in [2.75, 3.05) is 6.54 Å². The summed E-state index contributed by atoms with van der Waals surface area (Å²) >= 11 is 1.69. The number of nitrogens with zero attached hydrogens (tertiary/aromatic N) is 1. The van der Waals surface area contributed by atoms with Crippen molar-refractivity contribution in [3.8, 4) is 0 Å². The molecule has 1 unspecified atom stereocenters. The average Bonchev–Trinajstić information content (AvgIpc) is 2.63. The molecule has 0 aromatic carbocycles. The van der Waals surface area contributed by atoms with E-state index in [0.29, 0.717) is 0 Å². The van der Waals surface area contributed by atoms with Crippen LogP contribution in [-0.4, -0.2) is 22.7 Å². The van der Waals surface area contributed by atoms with Crippen molar-refractivity contribution in [1.29, 1.82) is 0 Å². The molecule has 0 amide bonds. The van der Waals surface area contributed by atoms with Crippen molar-refractivity contribution in [2.24, 2.45) is 0 Å². The van der Waals surface area contributed by atoms with Crippen molar-refractivity contribution in [3.05, 3.63) is 16.1 Å². The molecule has 1 atom stereocenters. The number of aryl methyl sites for hydroxylation is 1. The first kappa shape index (κ1) is 12.6. The first-order valence-corrected chi connectivity index (χ1v) is 6.40. The average molecular weight is 228 g/mol. The van der Waals surface area contributed by atoms with E-state index in [-0.39, 0.29) is 6.10 Å². The van der Waals surface area contributed by atoms with E-state index in [0.717, 1.165) is 43.1 Å². The normalized spacial score (nSPS) is 13.0. The Morgan fingerprint density at radius 3 is 3.00 bits per heavy atom. The summed E-state index contributed by atoms with van der Waals surface area (Å²) in [5, 5.41) is 15.9. The zero-order chi connectivity index (χ0) is 11.1. The molecule has 3 nitrogen and oxygen atoms in total. The molecule has 1 heterocycles. The number of aliphatic hydroxyl groups excluding tert-OH is 1. The van der Waals surface area contributed by atoms with Crippen LogP contribution in [0.3, 0.4) is 0 Å². The van der Waals surface area contributed by atoms with E-state index < -0.39 is 0 Å². The molecule has 0 saturated heterocycles. The Balaban J connectivity index is 2.02. The molecule has 0 saturated carbocycles. The lowest BCUT2D eigenvalue weighted by Crippen LogP contribution is -2.17. The van der Waals surface area contributed by atoms with Gasteiger partial charge in [-0.25, -0.2) is 4.98 Å². The smallest absolute Gasteiger partial charge is 0.0897 e. The van der Waals surface area contributed by atoms with Crippen LogP contribution in [0.1, 0.15) is 36.9 Å². The predicted octanol–water partition coefficient (Wildman–Crippen LogP) is 2.09. The van der Waals surface area contributed by atoms with Gasteiger partial charge in [-0.15, -0.1) is 11.3 Å². The maximum absolute atomic E-state index is 9.34. The van der Waals surface area contributed by atoms with Gasteiger partial charge in [-0.3, -0.25) is 0 Å². The van der Waals surface area contributed by atoms with E-state index in [1.54, 1.807) is 11.3 Å². The van der Waals surface area contributed by atoms with Crippen LogP contribution in [-0.2, 0) is 6.54 Å². The van der Waals surface area contributed by atoms with Crippen molar-refractivity contribution < 1.29 is 5.11 Å². The molecule has 15 heavy (non-hydrogen) atoms. The molecule has 0 aliphatic rings. The van der Waals surface area contributed by atoms with Crippen molar-refractivity contribution >= 4 is 11.3 Å². The summed E-state index contributed by atoms with van der Waals surface area (Å²) in [6.45, 7) is 5.82. The summed E-state index contributed by atoms with van der Waals surface area (Å²) in [7, 11) is 0. The Hall–Kier alpha value is -0.450. The molecule has 0 aliphatic carbocycles. The van der Waals surface area contributed by atoms with Gasteiger partial charge in [-0.1, -0.05) is 6.92 Å². The minimum Gasteiger partial charge on any atom is -0.393 e. The molecule has 1 rings (SSSR count). The third-order valence-corrected chi connectivity index (χ3v) is 3.16. The Bertz CT molecular complexity index is 275. The highest BCUT2D eigenvalue weighted by molar-refractivity contribution is 7.09. The number of thiazole rings is 1. The maximum Gasteiger partial charge on any atom is 0.0897 e. The number of hydrogen-bond donors (Lipinski definition) is 2. The van der Waals surface area contributed by atoms with Crippen LogP contribution in [0, 0.1) is 6.92 Å². The van der Waals surface area contributed by atoms with E-state index in [2.05, 4.69) is 15.7 Å². The van der Waals surface area contributed by atoms with Crippen LogP contribution in [0.25, 0.3) is 0 Å². The van der Waals surface area contributed by atoms with Crippen LogP contribution in [0.5, 0.6) is 0 Å². The minimum atomic E-state index is -0.131. The molecule has 2 N–H and O–H groups in total. The fraction of sp³-hybridized carbons (Fsp3) is 0.727. The largest absolute Gasteiger partial charge is 0.393 e. The van der Waals surface area contributed by atoms with Gasteiger partial charge in [-0.05, 0) is 32.7 Å². The summed E-state index contributed by atoms with van der Waals surface area (Å²) in [6.07, 6.45) is 2.64. The molecule has 0 spiro atoms. The van der Waals surface area contributed by atoms with Gasteiger partial charge in [0.15, 0.2) is 0 Å². The van der Waals surface area contributed by atoms with Gasteiger partial charge in [0.25, 0.3) is 0 Å². The van der Waals surface area contributed by atoms with Crippen molar-refractivity contribution in [2.45, 2.75) is 45.8 Å². The van der Waals surface area contributed by atoms with Gasteiger partial charge in [0.05, 0.1) is 16.8 Å². The SMILES string of the molecule is CCC(O)CCCNCc1csc(C)n1. The molecular weight excluding hydrogens is 208 g/mol. The fourth-order valence-corrected chi connectivity index (χ4v) is 1.99. The highest BCUT2D eigenvalue weighted by atomic mass is 32.1. The molecule has 1 aromatic heterocycles. The lowest BCUT2D eigenvalue weighted by atomic mass is 10.1. The van der Waals surface area contributed by atoms with E-state index >= 15 is 0 Å². The number of aromatic nitrogens is 1. The standard InChI is InChI=1S/C11H20N2OS/c1-3-11(14)5-4-6-12-7-10-8-15-9(2)13-10/h8,11-12,14H,3-7H2,1-2H3. The lowest BCUT2D eigenvalue weighted by molar-refractivity contribution is 0.157. The number of rotatable bonds is 7. The first-order valence-electron chi connectivity index (χ1n) is 5.52. The van der Waals surface area contributed by atoms with E-state index in [9.17, 15) is 5.11 Å². The Morgan fingerprint density at radius 2 is 2.40 bits per heavy atom. The zero-order valence-corrected chi connectivity index (χ0v) is 10.3. The van der Waals surface area contributed by atoms with Crippen LogP contribution in [0.4, 0.5) is 0 Å². The van der Waals surface area contributed by atoms with Crippen molar-refractivity contribution in [3.63, 3.8) is 0 Å². The molecule has 1 aromatic rings. The van der Waals surface area contributed by atoms with Gasteiger partial charge in [-0.2, -0.15) is 0 Å². The molecule has 0 fully saturated rings. The zero-order valence-electron chi connectivity index (χ0n) is 9.49. The topological polar surface area (TPSA) is 45.1 Å². The first-order chi connectivity index (χ1) is 7.22. The number of aliphatic hydroxyl groups is 1. The van der Waals surface area contributed by atoms with Crippen molar-refractivity contribution in [1.82, 2.24) is 10.3 Å². The van der Waals surface area contributed by atoms with E-state index in [1.807, 2.05) is 13.8 Å². The van der Waals surface area contributed by atoms with Gasteiger partial charge in [0.1, 0.15) is 0 Å².